The zero-order chi connectivity index (χ0) is 24.0. The second-order valence-corrected chi connectivity index (χ2v) is 14.8. The number of rotatable bonds is 8. The van der Waals surface area contributed by atoms with Gasteiger partial charge in [0.1, 0.15) is 17.3 Å². The highest BCUT2D eigenvalue weighted by molar-refractivity contribution is 7.89. The van der Waals surface area contributed by atoms with Gasteiger partial charge in [-0.25, -0.2) is 12.8 Å². The number of hydrogen-bond acceptors (Lipinski definition) is 5. The van der Waals surface area contributed by atoms with Gasteiger partial charge in [0.25, 0.3) is 0 Å². The quantitative estimate of drug-likeness (QED) is 0.499. The number of sulfonamides is 1. The van der Waals surface area contributed by atoms with Gasteiger partial charge in [-0.3, -0.25) is 4.79 Å². The Morgan fingerprint density at radius 3 is 2.23 bits per heavy atom. The van der Waals surface area contributed by atoms with Crippen molar-refractivity contribution in [2.45, 2.75) is 57.3 Å². The molecule has 8 rings (SSSR count). The molecule has 2 aliphatic heterocycles. The second kappa shape index (κ2) is 7.75. The van der Waals surface area contributed by atoms with Gasteiger partial charge >= 0.3 is 0 Å². The van der Waals surface area contributed by atoms with Crippen LogP contribution in [-0.2, 0) is 14.8 Å². The number of nitrogens with zero attached hydrogens (tertiary/aromatic N) is 1. The molecule has 1 spiro atoms. The van der Waals surface area contributed by atoms with Gasteiger partial charge in [0.2, 0.25) is 10.0 Å². The summed E-state index contributed by atoms with van der Waals surface area (Å²) in [5, 5.41) is 0. The molecule has 1 aromatic rings. The molecule has 0 N–H and O–H groups in total. The third-order valence-electron chi connectivity index (χ3n) is 9.66. The fourth-order valence-corrected chi connectivity index (χ4v) is 9.74. The van der Waals surface area contributed by atoms with E-state index in [-0.39, 0.29) is 22.3 Å². The number of ketones is 1. The van der Waals surface area contributed by atoms with Crippen molar-refractivity contribution in [3.8, 4) is 5.75 Å². The van der Waals surface area contributed by atoms with Crippen LogP contribution >= 0.6 is 0 Å². The van der Waals surface area contributed by atoms with Crippen LogP contribution in [0.15, 0.2) is 12.1 Å². The first-order valence-corrected chi connectivity index (χ1v) is 14.9. The topological polar surface area (TPSA) is 72.9 Å². The van der Waals surface area contributed by atoms with Crippen molar-refractivity contribution in [1.82, 2.24) is 4.31 Å². The average molecular weight is 504 g/mol. The maximum atomic E-state index is 15.2. The largest absolute Gasteiger partial charge is 0.493 e. The SMILES string of the molecule is O=C(CS(=O)(=O)N1CC2(COC2)C1)c1cc(C2CC2)c(OCC23CC4CC(CC(C4)C2)C3)cc1F. The Bertz CT molecular complexity index is 1130. The zero-order valence-corrected chi connectivity index (χ0v) is 21.0. The molecule has 2 saturated heterocycles. The molecule has 4 bridgehead atoms. The maximum absolute atomic E-state index is 15.2. The molecule has 7 fully saturated rings. The molecule has 0 aromatic heterocycles. The van der Waals surface area contributed by atoms with Crippen molar-refractivity contribution in [2.75, 3.05) is 38.7 Å². The number of ether oxygens (including phenoxy) is 2. The van der Waals surface area contributed by atoms with Crippen LogP contribution in [0, 0.1) is 34.4 Å². The van der Waals surface area contributed by atoms with Crippen molar-refractivity contribution in [2.24, 2.45) is 28.6 Å². The minimum atomic E-state index is -3.77. The average Bonchev–Trinajstić information content (AvgIpc) is 3.54. The molecule has 0 unspecified atom stereocenters. The smallest absolute Gasteiger partial charge is 0.221 e. The van der Waals surface area contributed by atoms with E-state index >= 15 is 4.39 Å². The first kappa shape index (κ1) is 22.7. The molecule has 8 heteroatoms. The standard InChI is InChI=1S/C27H34FNO5S/c28-23-7-25(34-16-26-8-17-3-18(9-26)5-19(4-17)10-26)21(20-1-2-20)6-22(23)24(30)11-35(31,32)29-12-27(13-29)14-33-15-27/h6-7,17-20H,1-5,8-16H2. The summed E-state index contributed by atoms with van der Waals surface area (Å²) in [5.74, 6) is 1.23. The summed E-state index contributed by atoms with van der Waals surface area (Å²) in [6, 6.07) is 2.93. The number of carbonyl (C=O) groups is 1. The predicted molar refractivity (Wildman–Crippen MR) is 127 cm³/mol. The molecule has 0 radical (unpaired) electrons. The van der Waals surface area contributed by atoms with E-state index in [1.54, 1.807) is 6.07 Å². The summed E-state index contributed by atoms with van der Waals surface area (Å²) in [6.07, 6.45) is 9.75. The van der Waals surface area contributed by atoms with Gasteiger partial charge in [-0.1, -0.05) is 0 Å². The van der Waals surface area contributed by atoms with Crippen LogP contribution in [0.2, 0.25) is 0 Å². The first-order valence-electron chi connectivity index (χ1n) is 13.3. The lowest BCUT2D eigenvalue weighted by molar-refractivity contribution is -0.166. The van der Waals surface area contributed by atoms with Gasteiger partial charge in [-0.2, -0.15) is 4.31 Å². The number of halogens is 1. The number of hydrogen-bond donors (Lipinski definition) is 0. The second-order valence-electron chi connectivity index (χ2n) is 12.8. The van der Waals surface area contributed by atoms with Crippen molar-refractivity contribution >= 4 is 15.8 Å². The summed E-state index contributed by atoms with van der Waals surface area (Å²) in [5.41, 5.74) is 0.886. The fraction of sp³-hybridized carbons (Fsp3) is 0.741. The van der Waals surface area contributed by atoms with Gasteiger partial charge in [-0.15, -0.1) is 0 Å². The first-order chi connectivity index (χ1) is 16.7. The lowest BCUT2D eigenvalue weighted by Crippen LogP contribution is -2.67. The van der Waals surface area contributed by atoms with Gasteiger partial charge in [0.05, 0.1) is 25.4 Å². The molecule has 0 amide bonds. The molecule has 6 nitrogen and oxygen atoms in total. The van der Waals surface area contributed by atoms with Crippen LogP contribution in [0.1, 0.15) is 73.2 Å². The third kappa shape index (κ3) is 3.95. The molecule has 0 atom stereocenters. The number of Topliss-reactive ketones (excluding diaryl/α,β-unsaturated/α-hetero) is 1. The van der Waals surface area contributed by atoms with E-state index in [0.29, 0.717) is 38.7 Å². The van der Waals surface area contributed by atoms with Crippen molar-refractivity contribution in [3.63, 3.8) is 0 Å². The predicted octanol–water partition coefficient (Wildman–Crippen LogP) is 4.14. The van der Waals surface area contributed by atoms with Crippen LogP contribution in [0.4, 0.5) is 4.39 Å². The molecule has 5 aliphatic carbocycles. The monoisotopic (exact) mass is 503 g/mol. The highest BCUT2D eigenvalue weighted by atomic mass is 32.2. The van der Waals surface area contributed by atoms with Crippen LogP contribution in [0.25, 0.3) is 0 Å². The van der Waals surface area contributed by atoms with Crippen LogP contribution in [0.3, 0.4) is 0 Å². The summed E-state index contributed by atoms with van der Waals surface area (Å²) in [4.78, 5) is 13.0. The molecule has 190 valence electrons. The zero-order valence-electron chi connectivity index (χ0n) is 20.1. The van der Waals surface area contributed by atoms with E-state index in [9.17, 15) is 13.2 Å². The Balaban J connectivity index is 1.07. The fourth-order valence-electron chi connectivity index (χ4n) is 8.13. The Hall–Kier alpha value is -1.51. The molecular weight excluding hydrogens is 469 g/mol. The van der Waals surface area contributed by atoms with E-state index in [1.165, 1.54) is 48.9 Å². The van der Waals surface area contributed by atoms with E-state index < -0.39 is 27.4 Å². The number of carbonyl (C=O) groups excluding carboxylic acids is 1. The molecule has 7 aliphatic rings. The van der Waals surface area contributed by atoms with Gasteiger partial charge < -0.3 is 9.47 Å². The molecule has 2 heterocycles. The normalized spacial score (nSPS) is 35.1. The third-order valence-corrected chi connectivity index (χ3v) is 11.3. The Morgan fingerprint density at radius 1 is 1.06 bits per heavy atom. The van der Waals surface area contributed by atoms with Crippen LogP contribution in [0.5, 0.6) is 5.75 Å². The summed E-state index contributed by atoms with van der Waals surface area (Å²) in [6.45, 7) is 2.52. The Labute approximate surface area is 206 Å². The molecule has 1 aromatic carbocycles. The molecule has 35 heavy (non-hydrogen) atoms. The summed E-state index contributed by atoms with van der Waals surface area (Å²) in [7, 11) is -3.77. The van der Waals surface area contributed by atoms with Crippen molar-refractivity contribution in [3.05, 3.63) is 29.1 Å². The lowest BCUT2D eigenvalue weighted by Gasteiger charge is -2.56. The summed E-state index contributed by atoms with van der Waals surface area (Å²) >= 11 is 0. The maximum Gasteiger partial charge on any atom is 0.221 e. The lowest BCUT2D eigenvalue weighted by atomic mass is 9.50. The van der Waals surface area contributed by atoms with Gasteiger partial charge in [-0.05, 0) is 86.7 Å². The minimum Gasteiger partial charge on any atom is -0.493 e. The van der Waals surface area contributed by atoms with Crippen molar-refractivity contribution in [1.29, 1.82) is 0 Å². The highest BCUT2D eigenvalue weighted by Gasteiger charge is 2.53. The van der Waals surface area contributed by atoms with E-state index in [1.807, 2.05) is 0 Å². The number of benzene rings is 1. The summed E-state index contributed by atoms with van der Waals surface area (Å²) < 4.78 is 53.6. The van der Waals surface area contributed by atoms with Gasteiger partial charge in [0, 0.05) is 30.0 Å². The molecule has 5 saturated carbocycles. The molecular formula is C27H34FNO5S. The Morgan fingerprint density at radius 2 is 1.69 bits per heavy atom. The van der Waals surface area contributed by atoms with Crippen molar-refractivity contribution < 1.29 is 27.1 Å². The van der Waals surface area contributed by atoms with E-state index in [2.05, 4.69) is 0 Å². The minimum absolute atomic E-state index is 0.0732. The Kier molecular flexibility index (Phi) is 5.02. The van der Waals surface area contributed by atoms with Crippen LogP contribution < -0.4 is 4.74 Å². The van der Waals surface area contributed by atoms with Crippen LogP contribution in [-0.4, -0.2) is 57.2 Å². The van der Waals surface area contributed by atoms with Gasteiger partial charge in [0.15, 0.2) is 5.78 Å². The highest BCUT2D eigenvalue weighted by Crippen LogP contribution is 2.60. The van der Waals surface area contributed by atoms with E-state index in [0.717, 1.165) is 36.2 Å². The van der Waals surface area contributed by atoms with E-state index in [4.69, 9.17) is 9.47 Å².